The van der Waals surface area contributed by atoms with Gasteiger partial charge >= 0.3 is 0 Å². The maximum Gasteiger partial charge on any atom is 0.257 e. The molecule has 1 heterocycles. The lowest BCUT2D eigenvalue weighted by Gasteiger charge is -2.25. The first-order valence-corrected chi connectivity index (χ1v) is 11.2. The summed E-state index contributed by atoms with van der Waals surface area (Å²) >= 11 is 7.73. The number of aryl methyl sites for hydroxylation is 1. The van der Waals surface area contributed by atoms with Gasteiger partial charge in [-0.2, -0.15) is 0 Å². The summed E-state index contributed by atoms with van der Waals surface area (Å²) < 4.78 is 0. The first-order chi connectivity index (χ1) is 14.6. The van der Waals surface area contributed by atoms with Gasteiger partial charge in [0.25, 0.3) is 5.91 Å². The fourth-order valence-corrected chi connectivity index (χ4v) is 4.88. The monoisotopic (exact) mass is 436 g/mol. The van der Waals surface area contributed by atoms with E-state index in [2.05, 4.69) is 24.4 Å². The number of hydrogen-bond acceptors (Lipinski definition) is 3. The summed E-state index contributed by atoms with van der Waals surface area (Å²) in [5, 5.41) is 3.18. The average Bonchev–Trinajstić information content (AvgIpc) is 3.15. The lowest BCUT2D eigenvalue weighted by Crippen LogP contribution is -2.28. The van der Waals surface area contributed by atoms with Gasteiger partial charge in [-0.3, -0.25) is 14.5 Å². The lowest BCUT2D eigenvalue weighted by atomic mass is 10.1. The van der Waals surface area contributed by atoms with Crippen LogP contribution >= 0.6 is 23.4 Å². The first kappa shape index (κ1) is 20.5. The number of hydrogen-bond donors (Lipinski definition) is 1. The maximum atomic E-state index is 12.7. The van der Waals surface area contributed by atoms with Crippen LogP contribution in [0.5, 0.6) is 0 Å². The Morgan fingerprint density at radius 3 is 2.70 bits per heavy atom. The molecule has 0 aromatic heterocycles. The van der Waals surface area contributed by atoms with Crippen LogP contribution in [0.4, 0.5) is 11.4 Å². The van der Waals surface area contributed by atoms with Gasteiger partial charge in [0.05, 0.1) is 16.3 Å². The zero-order valence-electron chi connectivity index (χ0n) is 16.5. The topological polar surface area (TPSA) is 49.4 Å². The second kappa shape index (κ2) is 8.94. The number of halogens is 1. The van der Waals surface area contributed by atoms with Gasteiger partial charge in [0.2, 0.25) is 5.91 Å². The van der Waals surface area contributed by atoms with E-state index in [0.29, 0.717) is 22.0 Å². The molecule has 0 spiro atoms. The van der Waals surface area contributed by atoms with Crippen molar-refractivity contribution in [1.82, 2.24) is 0 Å². The summed E-state index contributed by atoms with van der Waals surface area (Å²) in [5.74, 6) is 0.251. The highest BCUT2D eigenvalue weighted by atomic mass is 35.5. The molecular weight excluding hydrogens is 416 g/mol. The molecular formula is C24H21ClN2O2S. The number of carbonyl (C=O) groups is 2. The number of amides is 2. The molecule has 1 aliphatic rings. The number of benzene rings is 3. The quantitative estimate of drug-likeness (QED) is 0.539. The molecule has 1 atom stereocenters. The van der Waals surface area contributed by atoms with E-state index in [4.69, 9.17) is 11.6 Å². The van der Waals surface area contributed by atoms with E-state index in [9.17, 15) is 9.59 Å². The lowest BCUT2D eigenvalue weighted by molar-refractivity contribution is -0.115. The van der Waals surface area contributed by atoms with E-state index in [1.165, 1.54) is 5.56 Å². The molecule has 1 saturated heterocycles. The summed E-state index contributed by atoms with van der Waals surface area (Å²) in [7, 11) is 0. The molecule has 3 aromatic rings. The molecule has 4 rings (SSSR count). The van der Waals surface area contributed by atoms with Crippen LogP contribution in [0.15, 0.2) is 72.8 Å². The Hall–Kier alpha value is -2.76. The zero-order valence-corrected chi connectivity index (χ0v) is 18.0. The van der Waals surface area contributed by atoms with E-state index in [0.717, 1.165) is 17.7 Å². The number of nitrogens with one attached hydrogen (secondary N) is 1. The largest absolute Gasteiger partial charge is 0.322 e. The highest BCUT2D eigenvalue weighted by Crippen LogP contribution is 2.42. The van der Waals surface area contributed by atoms with Crippen LogP contribution in [0.25, 0.3) is 0 Å². The fraction of sp³-hybridized carbons (Fsp3) is 0.167. The van der Waals surface area contributed by atoms with Crippen molar-refractivity contribution >= 4 is 46.6 Å². The summed E-state index contributed by atoms with van der Waals surface area (Å²) in [4.78, 5) is 27.1. The highest BCUT2D eigenvalue weighted by molar-refractivity contribution is 8.00. The van der Waals surface area contributed by atoms with Crippen LogP contribution in [0, 0.1) is 0 Å². The van der Waals surface area contributed by atoms with Crippen molar-refractivity contribution in [2.75, 3.05) is 16.0 Å². The molecule has 152 valence electrons. The highest BCUT2D eigenvalue weighted by Gasteiger charge is 2.34. The van der Waals surface area contributed by atoms with E-state index in [-0.39, 0.29) is 17.2 Å². The van der Waals surface area contributed by atoms with Gasteiger partial charge in [-0.25, -0.2) is 0 Å². The van der Waals surface area contributed by atoms with Gasteiger partial charge in [-0.15, -0.1) is 11.8 Å². The Kier molecular flexibility index (Phi) is 6.11. The van der Waals surface area contributed by atoms with Crippen LogP contribution in [0.1, 0.15) is 33.8 Å². The molecule has 1 fully saturated rings. The molecule has 1 aliphatic heterocycles. The van der Waals surface area contributed by atoms with Crippen LogP contribution in [-0.4, -0.2) is 17.6 Å². The number of nitrogens with zero attached hydrogens (tertiary/aromatic N) is 1. The Labute approximate surface area is 185 Å². The summed E-state index contributed by atoms with van der Waals surface area (Å²) in [6.07, 6.45) is 0.914. The van der Waals surface area contributed by atoms with Gasteiger partial charge in [0.15, 0.2) is 0 Å². The van der Waals surface area contributed by atoms with Crippen molar-refractivity contribution in [3.8, 4) is 0 Å². The average molecular weight is 437 g/mol. The normalized spacial score (nSPS) is 16.0. The molecule has 6 heteroatoms. The first-order valence-electron chi connectivity index (χ1n) is 9.75. The summed E-state index contributed by atoms with van der Waals surface area (Å²) in [5.41, 5.74) is 4.15. The zero-order chi connectivity index (χ0) is 21.1. The van der Waals surface area contributed by atoms with Crippen LogP contribution in [0.2, 0.25) is 5.02 Å². The van der Waals surface area contributed by atoms with Crippen molar-refractivity contribution in [2.45, 2.75) is 18.7 Å². The van der Waals surface area contributed by atoms with E-state index >= 15 is 0 Å². The van der Waals surface area contributed by atoms with Crippen molar-refractivity contribution in [3.05, 3.63) is 94.5 Å². The van der Waals surface area contributed by atoms with Gasteiger partial charge in [-0.1, -0.05) is 54.9 Å². The minimum atomic E-state index is -0.264. The minimum Gasteiger partial charge on any atom is -0.322 e. The molecule has 3 aromatic carbocycles. The number of anilines is 2. The minimum absolute atomic E-state index is 0.0868. The van der Waals surface area contributed by atoms with Crippen molar-refractivity contribution in [2.24, 2.45) is 0 Å². The Bertz CT molecular complexity index is 1100. The number of rotatable bonds is 5. The molecule has 30 heavy (non-hydrogen) atoms. The smallest absolute Gasteiger partial charge is 0.257 e. The molecule has 4 nitrogen and oxygen atoms in total. The third kappa shape index (κ3) is 4.23. The predicted octanol–water partition coefficient (Wildman–Crippen LogP) is 5.93. The Morgan fingerprint density at radius 2 is 1.90 bits per heavy atom. The second-order valence-electron chi connectivity index (χ2n) is 7.01. The fourth-order valence-electron chi connectivity index (χ4n) is 3.49. The van der Waals surface area contributed by atoms with Crippen LogP contribution in [-0.2, 0) is 11.2 Å². The molecule has 0 saturated carbocycles. The maximum absolute atomic E-state index is 12.7. The van der Waals surface area contributed by atoms with Crippen molar-refractivity contribution in [3.63, 3.8) is 0 Å². The van der Waals surface area contributed by atoms with E-state index in [1.807, 2.05) is 41.3 Å². The third-order valence-corrected chi connectivity index (χ3v) is 6.55. The number of carbonyl (C=O) groups excluding carboxylic acids is 2. The standard InChI is InChI=1S/C24H21ClN2O2S/c1-2-16-7-5-10-19(13-16)27-22(28)15-30-24(27)17-8-6-9-18(14-17)26-23(29)20-11-3-4-12-21(20)25/h3-14,24H,2,15H2,1H3,(H,26,29). The Morgan fingerprint density at radius 1 is 1.10 bits per heavy atom. The van der Waals surface area contributed by atoms with Crippen LogP contribution < -0.4 is 10.2 Å². The molecule has 0 bridgehead atoms. The Balaban J connectivity index is 1.60. The summed E-state index contributed by atoms with van der Waals surface area (Å²) in [6.45, 7) is 2.10. The molecule has 1 unspecified atom stereocenters. The van der Waals surface area contributed by atoms with Gasteiger partial charge in [0, 0.05) is 11.4 Å². The third-order valence-electron chi connectivity index (χ3n) is 5.01. The van der Waals surface area contributed by atoms with Gasteiger partial charge in [0.1, 0.15) is 5.37 Å². The van der Waals surface area contributed by atoms with Gasteiger partial charge < -0.3 is 5.32 Å². The molecule has 2 amide bonds. The van der Waals surface area contributed by atoms with Crippen molar-refractivity contribution < 1.29 is 9.59 Å². The van der Waals surface area contributed by atoms with Crippen molar-refractivity contribution in [1.29, 1.82) is 0 Å². The summed E-state index contributed by atoms with van der Waals surface area (Å²) in [6, 6.07) is 22.7. The SMILES string of the molecule is CCc1cccc(N2C(=O)CSC2c2cccc(NC(=O)c3ccccc3Cl)c2)c1. The van der Waals surface area contributed by atoms with E-state index in [1.54, 1.807) is 36.0 Å². The van der Waals surface area contributed by atoms with E-state index < -0.39 is 0 Å². The molecule has 0 radical (unpaired) electrons. The molecule has 1 N–H and O–H groups in total. The predicted molar refractivity (Wildman–Crippen MR) is 124 cm³/mol. The van der Waals surface area contributed by atoms with Gasteiger partial charge in [-0.05, 0) is 53.9 Å². The number of thioether (sulfide) groups is 1. The molecule has 0 aliphatic carbocycles. The van der Waals surface area contributed by atoms with Crippen LogP contribution in [0.3, 0.4) is 0 Å². The second-order valence-corrected chi connectivity index (χ2v) is 8.49.